The standard InChI is InChI=1S/C8H8N4O2S/c13-15(14,8-3-1-2-4-11-8)12-6-9-5-10-7-12/h1-6H,7H2. The Morgan fingerprint density at radius 2 is 2.20 bits per heavy atom. The molecule has 0 spiro atoms. The van der Waals surface area contributed by atoms with Gasteiger partial charge in [0, 0.05) is 6.20 Å². The highest BCUT2D eigenvalue weighted by molar-refractivity contribution is 7.89. The fourth-order valence-electron chi connectivity index (χ4n) is 1.06. The van der Waals surface area contributed by atoms with Gasteiger partial charge < -0.3 is 0 Å². The monoisotopic (exact) mass is 224 g/mol. The van der Waals surface area contributed by atoms with E-state index >= 15 is 0 Å². The molecular weight excluding hydrogens is 216 g/mol. The third-order valence-corrected chi connectivity index (χ3v) is 3.37. The smallest absolute Gasteiger partial charge is 0.251 e. The Morgan fingerprint density at radius 1 is 1.33 bits per heavy atom. The zero-order valence-corrected chi connectivity index (χ0v) is 8.50. The minimum Gasteiger partial charge on any atom is -0.251 e. The van der Waals surface area contributed by atoms with Crippen LogP contribution in [-0.4, -0.2) is 37.1 Å². The van der Waals surface area contributed by atoms with Gasteiger partial charge in [-0.25, -0.2) is 14.3 Å². The number of aromatic nitrogens is 1. The van der Waals surface area contributed by atoms with Crippen LogP contribution in [0.1, 0.15) is 0 Å². The van der Waals surface area contributed by atoms with E-state index in [-0.39, 0.29) is 11.7 Å². The second kappa shape index (κ2) is 3.77. The van der Waals surface area contributed by atoms with Crippen LogP contribution in [0.2, 0.25) is 0 Å². The highest BCUT2D eigenvalue weighted by Gasteiger charge is 2.23. The predicted molar refractivity (Wildman–Crippen MR) is 55.1 cm³/mol. The van der Waals surface area contributed by atoms with Gasteiger partial charge in [-0.05, 0) is 12.1 Å². The van der Waals surface area contributed by atoms with Crippen molar-refractivity contribution in [1.82, 2.24) is 9.29 Å². The molecule has 0 radical (unpaired) electrons. The molecule has 0 unspecified atom stereocenters. The van der Waals surface area contributed by atoms with Crippen molar-refractivity contribution >= 4 is 22.7 Å². The summed E-state index contributed by atoms with van der Waals surface area (Å²) in [7, 11) is -3.60. The van der Waals surface area contributed by atoms with Crippen LogP contribution in [0.25, 0.3) is 0 Å². The summed E-state index contributed by atoms with van der Waals surface area (Å²) < 4.78 is 24.8. The molecule has 0 N–H and O–H groups in total. The van der Waals surface area contributed by atoms with Gasteiger partial charge >= 0.3 is 0 Å². The lowest BCUT2D eigenvalue weighted by atomic mass is 10.5. The Hall–Kier alpha value is -1.76. The lowest BCUT2D eigenvalue weighted by Crippen LogP contribution is -2.32. The second-order valence-corrected chi connectivity index (χ2v) is 4.60. The molecule has 1 aliphatic heterocycles. The minimum absolute atomic E-state index is 0.00597. The fourth-order valence-corrected chi connectivity index (χ4v) is 2.14. The summed E-state index contributed by atoms with van der Waals surface area (Å²) in [6.45, 7) is 0.0441. The van der Waals surface area contributed by atoms with Gasteiger partial charge in [0.05, 0.1) is 0 Å². The number of aliphatic imine (C=N–C) groups is 2. The second-order valence-electron chi connectivity index (χ2n) is 2.76. The summed E-state index contributed by atoms with van der Waals surface area (Å²) in [4.78, 5) is 11.2. The lowest BCUT2D eigenvalue weighted by Gasteiger charge is -2.17. The molecule has 1 aliphatic rings. The normalized spacial score (nSPS) is 15.6. The maximum absolute atomic E-state index is 11.9. The van der Waals surface area contributed by atoms with Crippen LogP contribution < -0.4 is 0 Å². The molecule has 0 aromatic carbocycles. The first-order valence-electron chi connectivity index (χ1n) is 4.16. The third-order valence-electron chi connectivity index (χ3n) is 1.78. The SMILES string of the molecule is O=S(=O)(c1ccccn1)N1C=NC=NC1. The molecule has 1 aromatic rings. The summed E-state index contributed by atoms with van der Waals surface area (Å²) in [6, 6.07) is 4.70. The first-order valence-corrected chi connectivity index (χ1v) is 5.60. The molecular formula is C8H8N4O2S. The summed E-state index contributed by atoms with van der Waals surface area (Å²) in [5.74, 6) is 0. The highest BCUT2D eigenvalue weighted by atomic mass is 32.2. The molecule has 0 fully saturated rings. The highest BCUT2D eigenvalue weighted by Crippen LogP contribution is 2.11. The quantitative estimate of drug-likeness (QED) is 0.715. The molecule has 1 aromatic heterocycles. The molecule has 6 nitrogen and oxygen atoms in total. The van der Waals surface area contributed by atoms with E-state index in [0.29, 0.717) is 0 Å². The van der Waals surface area contributed by atoms with Crippen molar-refractivity contribution < 1.29 is 8.42 Å². The summed E-state index contributed by atoms with van der Waals surface area (Å²) in [5.41, 5.74) is 0. The van der Waals surface area contributed by atoms with E-state index < -0.39 is 10.0 Å². The van der Waals surface area contributed by atoms with E-state index in [1.54, 1.807) is 12.1 Å². The lowest BCUT2D eigenvalue weighted by molar-refractivity contribution is 0.527. The van der Waals surface area contributed by atoms with E-state index in [9.17, 15) is 8.42 Å². The first kappa shape index (κ1) is 9.78. The molecule has 2 heterocycles. The van der Waals surface area contributed by atoms with E-state index in [4.69, 9.17) is 0 Å². The Kier molecular flexibility index (Phi) is 2.46. The van der Waals surface area contributed by atoms with Crippen molar-refractivity contribution in [1.29, 1.82) is 0 Å². The Bertz CT molecular complexity index is 495. The molecule has 0 amide bonds. The Morgan fingerprint density at radius 3 is 2.80 bits per heavy atom. The van der Waals surface area contributed by atoms with Gasteiger partial charge in [-0.1, -0.05) is 6.07 Å². The molecule has 78 valence electrons. The molecule has 2 rings (SSSR count). The topological polar surface area (TPSA) is 75.0 Å². The first-order chi connectivity index (χ1) is 7.21. The summed E-state index contributed by atoms with van der Waals surface area (Å²) in [5, 5.41) is -0.00597. The molecule has 0 bridgehead atoms. The number of pyridine rings is 1. The zero-order valence-electron chi connectivity index (χ0n) is 7.68. The molecule has 15 heavy (non-hydrogen) atoms. The summed E-state index contributed by atoms with van der Waals surface area (Å²) >= 11 is 0. The van der Waals surface area contributed by atoms with Gasteiger partial charge in [0.2, 0.25) is 0 Å². The number of sulfonamides is 1. The van der Waals surface area contributed by atoms with Crippen molar-refractivity contribution in [2.24, 2.45) is 9.98 Å². The van der Waals surface area contributed by atoms with Gasteiger partial charge in [-0.3, -0.25) is 4.99 Å². The van der Waals surface area contributed by atoms with E-state index in [1.807, 2.05) is 0 Å². The van der Waals surface area contributed by atoms with Gasteiger partial charge in [0.25, 0.3) is 10.0 Å². The third kappa shape index (κ3) is 1.86. The van der Waals surface area contributed by atoms with Crippen LogP contribution in [0.4, 0.5) is 0 Å². The Labute approximate surface area is 87.1 Å². The van der Waals surface area contributed by atoms with Crippen molar-refractivity contribution in [3.63, 3.8) is 0 Å². The minimum atomic E-state index is -3.60. The van der Waals surface area contributed by atoms with Gasteiger partial charge in [0.1, 0.15) is 19.3 Å². The average molecular weight is 224 g/mol. The molecule has 0 saturated heterocycles. The van der Waals surface area contributed by atoms with E-state index in [0.717, 1.165) is 4.31 Å². The van der Waals surface area contributed by atoms with Gasteiger partial charge in [-0.15, -0.1) is 0 Å². The van der Waals surface area contributed by atoms with Crippen molar-refractivity contribution in [3.8, 4) is 0 Å². The van der Waals surface area contributed by atoms with Gasteiger partial charge in [0.15, 0.2) is 5.03 Å². The Balaban J connectivity index is 2.36. The van der Waals surface area contributed by atoms with Crippen molar-refractivity contribution in [2.75, 3.05) is 6.67 Å². The molecule has 0 saturated carbocycles. The van der Waals surface area contributed by atoms with Crippen molar-refractivity contribution in [3.05, 3.63) is 24.4 Å². The van der Waals surface area contributed by atoms with E-state index in [2.05, 4.69) is 15.0 Å². The maximum atomic E-state index is 11.9. The van der Waals surface area contributed by atoms with Crippen LogP contribution in [0.5, 0.6) is 0 Å². The fraction of sp³-hybridized carbons (Fsp3) is 0.125. The predicted octanol–water partition coefficient (Wildman–Crippen LogP) is 0.100. The zero-order chi connectivity index (χ0) is 10.7. The average Bonchev–Trinajstić information content (AvgIpc) is 2.31. The maximum Gasteiger partial charge on any atom is 0.284 e. The number of hydrogen-bond acceptors (Lipinski definition) is 5. The largest absolute Gasteiger partial charge is 0.284 e. The van der Waals surface area contributed by atoms with Crippen LogP contribution in [0, 0.1) is 0 Å². The number of rotatable bonds is 2. The molecule has 0 atom stereocenters. The summed E-state index contributed by atoms with van der Waals surface area (Å²) in [6.07, 6.45) is 3.96. The molecule has 7 heteroatoms. The van der Waals surface area contributed by atoms with Crippen LogP contribution in [0.15, 0.2) is 39.4 Å². The number of hydrogen-bond donors (Lipinski definition) is 0. The van der Waals surface area contributed by atoms with Crippen molar-refractivity contribution in [2.45, 2.75) is 5.03 Å². The number of nitrogens with zero attached hydrogens (tertiary/aromatic N) is 4. The van der Waals surface area contributed by atoms with Crippen LogP contribution in [0.3, 0.4) is 0 Å². The van der Waals surface area contributed by atoms with Crippen LogP contribution >= 0.6 is 0 Å². The van der Waals surface area contributed by atoms with Gasteiger partial charge in [-0.2, -0.15) is 8.42 Å². The molecule has 0 aliphatic carbocycles. The van der Waals surface area contributed by atoms with Crippen LogP contribution in [-0.2, 0) is 10.0 Å². The van der Waals surface area contributed by atoms with E-state index in [1.165, 1.54) is 24.9 Å².